The normalized spacial score (nSPS) is 20.1. The van der Waals surface area contributed by atoms with Crippen molar-refractivity contribution >= 4 is 11.8 Å². The number of amides is 2. The van der Waals surface area contributed by atoms with E-state index in [4.69, 9.17) is 5.73 Å². The minimum atomic E-state index is -4.75. The van der Waals surface area contributed by atoms with Crippen LogP contribution in [0.5, 0.6) is 0 Å². The number of nitrogens with zero attached hydrogens (tertiary/aromatic N) is 1. The number of hydrogen-bond donors (Lipinski definition) is 2. The first kappa shape index (κ1) is 23.7. The Morgan fingerprint density at radius 3 is 2.31 bits per heavy atom. The van der Waals surface area contributed by atoms with E-state index in [1.54, 1.807) is 17.0 Å². The van der Waals surface area contributed by atoms with Crippen LogP contribution < -0.4 is 11.1 Å². The maximum Gasteiger partial charge on any atom is 0.404 e. The van der Waals surface area contributed by atoms with E-state index in [1.807, 2.05) is 18.2 Å². The Morgan fingerprint density at radius 1 is 1.06 bits per heavy atom. The number of carbonyl (C=O) groups excluding carboxylic acids is 2. The van der Waals surface area contributed by atoms with Crippen molar-refractivity contribution in [2.24, 2.45) is 17.1 Å². The van der Waals surface area contributed by atoms with Gasteiger partial charge in [0.25, 0.3) is 0 Å². The van der Waals surface area contributed by atoms with Gasteiger partial charge in [-0.1, -0.05) is 42.5 Å². The highest BCUT2D eigenvalue weighted by Crippen LogP contribution is 2.46. The highest BCUT2D eigenvalue weighted by atomic mass is 19.4. The summed E-state index contributed by atoms with van der Waals surface area (Å²) in [6, 6.07) is 14.4. The zero-order chi connectivity index (χ0) is 23.4. The van der Waals surface area contributed by atoms with Gasteiger partial charge in [0.05, 0.1) is 5.92 Å². The van der Waals surface area contributed by atoms with Gasteiger partial charge in [-0.15, -0.1) is 0 Å². The van der Waals surface area contributed by atoms with Crippen LogP contribution in [-0.4, -0.2) is 42.5 Å². The predicted molar refractivity (Wildman–Crippen MR) is 111 cm³/mol. The van der Waals surface area contributed by atoms with Crippen LogP contribution in [0.3, 0.4) is 0 Å². The maximum atomic E-state index is 14.0. The number of hydrogen-bond acceptors (Lipinski definition) is 3. The lowest BCUT2D eigenvalue weighted by atomic mass is 9.84. The molecule has 0 radical (unpaired) electrons. The molecule has 1 aliphatic heterocycles. The van der Waals surface area contributed by atoms with E-state index in [2.05, 4.69) is 5.32 Å². The number of nitrogens with two attached hydrogens (primary N) is 1. The van der Waals surface area contributed by atoms with Crippen molar-refractivity contribution in [2.45, 2.75) is 25.6 Å². The molecule has 2 aromatic rings. The van der Waals surface area contributed by atoms with Crippen molar-refractivity contribution < 1.29 is 27.2 Å². The number of likely N-dealkylation sites (tertiary alicyclic amines) is 1. The number of carbonyl (C=O) groups is 2. The van der Waals surface area contributed by atoms with Gasteiger partial charge in [-0.25, -0.2) is 4.39 Å². The van der Waals surface area contributed by atoms with E-state index in [9.17, 15) is 27.2 Å². The summed E-state index contributed by atoms with van der Waals surface area (Å²) < 4.78 is 55.2. The molecule has 0 spiro atoms. The molecule has 1 fully saturated rings. The molecule has 2 amide bonds. The summed E-state index contributed by atoms with van der Waals surface area (Å²) in [5.74, 6) is -3.29. The van der Waals surface area contributed by atoms with Gasteiger partial charge in [-0.05, 0) is 42.6 Å². The fourth-order valence-corrected chi connectivity index (χ4v) is 3.97. The Morgan fingerprint density at radius 2 is 1.72 bits per heavy atom. The molecule has 0 bridgehead atoms. The van der Waals surface area contributed by atoms with Crippen LogP contribution in [0.15, 0.2) is 54.6 Å². The molecule has 2 aromatic carbocycles. The molecule has 1 saturated heterocycles. The first-order valence-corrected chi connectivity index (χ1v) is 10.3. The second-order valence-corrected chi connectivity index (χ2v) is 8.17. The summed E-state index contributed by atoms with van der Waals surface area (Å²) in [5, 5.41) is 2.31. The molecule has 3 N–H and O–H groups in total. The van der Waals surface area contributed by atoms with Crippen LogP contribution in [0.4, 0.5) is 17.6 Å². The standard InChI is InChI=1S/C23H25F4N3O2/c24-19-8-6-16(7-9-19)12-18(20(28)31)13-29-21(32)22(23(25,26)27)10-11-30(15-22)14-17-4-2-1-3-5-17/h1-9,18H,10-15H2,(H2,28,31)(H,29,32). The van der Waals surface area contributed by atoms with Crippen molar-refractivity contribution in [3.05, 3.63) is 71.5 Å². The Kier molecular flexibility index (Phi) is 7.18. The molecule has 0 saturated carbocycles. The number of halogens is 4. The number of rotatable bonds is 8. The lowest BCUT2D eigenvalue weighted by molar-refractivity contribution is -0.218. The Labute approximate surface area is 183 Å². The van der Waals surface area contributed by atoms with E-state index in [0.29, 0.717) is 12.1 Å². The highest BCUT2D eigenvalue weighted by Gasteiger charge is 2.62. The molecule has 5 nitrogen and oxygen atoms in total. The Balaban J connectivity index is 1.68. The first-order chi connectivity index (χ1) is 15.1. The van der Waals surface area contributed by atoms with Crippen molar-refractivity contribution in [3.63, 3.8) is 0 Å². The van der Waals surface area contributed by atoms with Crippen LogP contribution in [0.1, 0.15) is 17.5 Å². The maximum absolute atomic E-state index is 14.0. The summed E-state index contributed by atoms with van der Waals surface area (Å²) in [7, 11) is 0. The molecule has 172 valence electrons. The van der Waals surface area contributed by atoms with Gasteiger partial charge in [0.15, 0.2) is 5.41 Å². The molecule has 0 aliphatic carbocycles. The topological polar surface area (TPSA) is 75.4 Å². The molecular weight excluding hydrogens is 426 g/mol. The summed E-state index contributed by atoms with van der Waals surface area (Å²) >= 11 is 0. The second-order valence-electron chi connectivity index (χ2n) is 8.17. The lowest BCUT2D eigenvalue weighted by Crippen LogP contribution is -2.53. The van der Waals surface area contributed by atoms with Crippen molar-refractivity contribution in [1.29, 1.82) is 0 Å². The monoisotopic (exact) mass is 451 g/mol. The largest absolute Gasteiger partial charge is 0.404 e. The average molecular weight is 451 g/mol. The van der Waals surface area contributed by atoms with Crippen molar-refractivity contribution in [2.75, 3.05) is 19.6 Å². The molecule has 1 heterocycles. The SMILES string of the molecule is NC(=O)C(CNC(=O)C1(C(F)(F)F)CCN(Cc2ccccc2)C1)Cc1ccc(F)cc1. The molecule has 9 heteroatoms. The number of alkyl halides is 3. The first-order valence-electron chi connectivity index (χ1n) is 10.3. The molecular formula is C23H25F4N3O2. The van der Waals surface area contributed by atoms with Gasteiger partial charge in [-0.3, -0.25) is 14.5 Å². The lowest BCUT2D eigenvalue weighted by Gasteiger charge is -2.31. The number of benzene rings is 2. The van der Waals surface area contributed by atoms with Crippen LogP contribution in [0.25, 0.3) is 0 Å². The third kappa shape index (κ3) is 5.45. The summed E-state index contributed by atoms with van der Waals surface area (Å²) in [4.78, 5) is 26.2. The smallest absolute Gasteiger partial charge is 0.369 e. The van der Waals surface area contributed by atoms with E-state index >= 15 is 0 Å². The van der Waals surface area contributed by atoms with Crippen LogP contribution in [0, 0.1) is 17.2 Å². The average Bonchev–Trinajstić information content (AvgIpc) is 3.18. The molecule has 1 aliphatic rings. The van der Waals surface area contributed by atoms with Crippen LogP contribution in [0.2, 0.25) is 0 Å². The zero-order valence-corrected chi connectivity index (χ0v) is 17.4. The fraction of sp³-hybridized carbons (Fsp3) is 0.391. The van der Waals surface area contributed by atoms with Crippen LogP contribution >= 0.6 is 0 Å². The summed E-state index contributed by atoms with van der Waals surface area (Å²) in [6.45, 7) is -0.366. The van der Waals surface area contributed by atoms with E-state index in [-0.39, 0.29) is 25.9 Å². The van der Waals surface area contributed by atoms with Gasteiger partial charge in [-0.2, -0.15) is 13.2 Å². The van der Waals surface area contributed by atoms with Gasteiger partial charge in [0.1, 0.15) is 5.82 Å². The quantitative estimate of drug-likeness (QED) is 0.606. The predicted octanol–water partition coefficient (Wildman–Crippen LogP) is 3.04. The zero-order valence-electron chi connectivity index (χ0n) is 17.4. The van der Waals surface area contributed by atoms with Gasteiger partial charge in [0, 0.05) is 19.6 Å². The summed E-state index contributed by atoms with van der Waals surface area (Å²) in [5.41, 5.74) is 4.28. The molecule has 2 atom stereocenters. The fourth-order valence-electron chi connectivity index (χ4n) is 3.97. The van der Waals surface area contributed by atoms with Gasteiger partial charge in [0.2, 0.25) is 11.8 Å². The van der Waals surface area contributed by atoms with E-state index in [1.165, 1.54) is 24.3 Å². The molecule has 3 rings (SSSR count). The summed E-state index contributed by atoms with van der Waals surface area (Å²) in [6.07, 6.45) is -5.04. The van der Waals surface area contributed by atoms with E-state index < -0.39 is 41.7 Å². The third-order valence-electron chi connectivity index (χ3n) is 5.88. The third-order valence-corrected chi connectivity index (χ3v) is 5.88. The molecule has 32 heavy (non-hydrogen) atoms. The van der Waals surface area contributed by atoms with Crippen molar-refractivity contribution in [1.82, 2.24) is 10.2 Å². The van der Waals surface area contributed by atoms with Gasteiger partial charge < -0.3 is 11.1 Å². The number of primary amides is 1. The van der Waals surface area contributed by atoms with E-state index in [0.717, 1.165) is 5.56 Å². The second kappa shape index (κ2) is 9.68. The Bertz CT molecular complexity index is 935. The number of nitrogens with one attached hydrogen (secondary N) is 1. The minimum Gasteiger partial charge on any atom is -0.369 e. The van der Waals surface area contributed by atoms with Crippen molar-refractivity contribution in [3.8, 4) is 0 Å². The molecule has 2 unspecified atom stereocenters. The minimum absolute atomic E-state index is 0.0784. The molecule has 0 aromatic heterocycles. The Hall–Kier alpha value is -2.94. The van der Waals surface area contributed by atoms with Gasteiger partial charge >= 0.3 is 6.18 Å². The highest BCUT2D eigenvalue weighted by molar-refractivity contribution is 5.85. The van der Waals surface area contributed by atoms with Crippen LogP contribution in [-0.2, 0) is 22.6 Å².